The van der Waals surface area contributed by atoms with E-state index in [1.165, 1.54) is 6.39 Å². The lowest BCUT2D eigenvalue weighted by Crippen LogP contribution is -1.72. The van der Waals surface area contributed by atoms with E-state index >= 15 is 0 Å². The molecule has 0 N–H and O–H groups in total. The lowest BCUT2D eigenvalue weighted by atomic mass is 10.2. The van der Waals surface area contributed by atoms with Crippen LogP contribution in [0, 0.1) is 0 Å². The van der Waals surface area contributed by atoms with Crippen molar-refractivity contribution in [3.05, 3.63) is 47.1 Å². The molecule has 1 aromatic carbocycles. The Bertz CT molecular complexity index is 420. The van der Waals surface area contributed by atoms with Gasteiger partial charge < -0.3 is 4.42 Å². The molecule has 4 heteroatoms. The second-order valence-corrected chi connectivity index (χ2v) is 3.10. The quantitative estimate of drug-likeness (QED) is 0.759. The van der Waals surface area contributed by atoms with Gasteiger partial charge in [-0.15, -0.1) is 10.2 Å². The van der Waals surface area contributed by atoms with E-state index in [9.17, 15) is 0 Å². The molecule has 0 atom stereocenters. The molecule has 0 aliphatic carbocycles. The van der Waals surface area contributed by atoms with Crippen molar-refractivity contribution in [1.29, 1.82) is 0 Å². The van der Waals surface area contributed by atoms with Crippen molar-refractivity contribution >= 4 is 23.8 Å². The van der Waals surface area contributed by atoms with Crippen LogP contribution in [-0.2, 0) is 0 Å². The Labute approximate surface area is 86.0 Å². The third-order valence-corrected chi connectivity index (χ3v) is 1.92. The van der Waals surface area contributed by atoms with Gasteiger partial charge in [-0.05, 0) is 23.8 Å². The molecule has 1 aromatic heterocycles. The molecule has 14 heavy (non-hydrogen) atoms. The van der Waals surface area contributed by atoms with E-state index in [0.717, 1.165) is 10.6 Å². The first kappa shape index (κ1) is 8.97. The summed E-state index contributed by atoms with van der Waals surface area (Å²) in [5.41, 5.74) is 1.03. The molecule has 0 saturated heterocycles. The van der Waals surface area contributed by atoms with Gasteiger partial charge in [-0.1, -0.05) is 23.7 Å². The number of rotatable bonds is 2. The minimum atomic E-state index is 0.486. The standard InChI is InChI=1S/C10H7ClN2O/c11-9-4-1-8(2-5-9)3-6-10-13-12-7-14-10/h1-7H/b6-3+. The van der Waals surface area contributed by atoms with Crippen LogP contribution in [0.2, 0.25) is 5.02 Å². The largest absolute Gasteiger partial charge is 0.424 e. The van der Waals surface area contributed by atoms with Gasteiger partial charge in [-0.2, -0.15) is 0 Å². The molecule has 0 amide bonds. The molecule has 0 aliphatic heterocycles. The molecule has 0 saturated carbocycles. The van der Waals surface area contributed by atoms with Gasteiger partial charge in [-0.3, -0.25) is 0 Å². The molecule has 0 radical (unpaired) electrons. The lowest BCUT2D eigenvalue weighted by Gasteiger charge is -1.91. The zero-order valence-electron chi connectivity index (χ0n) is 7.22. The molecule has 1 heterocycles. The zero-order chi connectivity index (χ0) is 9.80. The van der Waals surface area contributed by atoms with E-state index < -0.39 is 0 Å². The van der Waals surface area contributed by atoms with Crippen LogP contribution < -0.4 is 0 Å². The van der Waals surface area contributed by atoms with Gasteiger partial charge in [0.05, 0.1) is 0 Å². The summed E-state index contributed by atoms with van der Waals surface area (Å²) in [6, 6.07) is 7.48. The van der Waals surface area contributed by atoms with Crippen LogP contribution in [0.25, 0.3) is 12.2 Å². The number of aromatic nitrogens is 2. The molecule has 2 aromatic rings. The molecule has 0 unspecified atom stereocenters. The van der Waals surface area contributed by atoms with E-state index in [0.29, 0.717) is 5.89 Å². The summed E-state index contributed by atoms with van der Waals surface area (Å²) >= 11 is 5.75. The predicted molar refractivity (Wildman–Crippen MR) is 54.7 cm³/mol. The zero-order valence-corrected chi connectivity index (χ0v) is 7.98. The maximum atomic E-state index is 5.75. The average molecular weight is 207 g/mol. The van der Waals surface area contributed by atoms with Crippen molar-refractivity contribution in [3.8, 4) is 0 Å². The molecule has 3 nitrogen and oxygen atoms in total. The highest BCUT2D eigenvalue weighted by atomic mass is 35.5. The van der Waals surface area contributed by atoms with Gasteiger partial charge in [0.15, 0.2) is 0 Å². The minimum Gasteiger partial charge on any atom is -0.424 e. The van der Waals surface area contributed by atoms with Crippen molar-refractivity contribution in [2.45, 2.75) is 0 Å². The molecule has 70 valence electrons. The Morgan fingerprint density at radius 1 is 1.14 bits per heavy atom. The van der Waals surface area contributed by atoms with Gasteiger partial charge in [-0.25, -0.2) is 0 Å². The summed E-state index contributed by atoms with van der Waals surface area (Å²) in [7, 11) is 0. The normalized spacial score (nSPS) is 10.9. The lowest BCUT2D eigenvalue weighted by molar-refractivity contribution is 0.543. The Kier molecular flexibility index (Phi) is 2.60. The molecule has 2 rings (SSSR count). The fourth-order valence-corrected chi connectivity index (χ4v) is 1.12. The Hall–Kier alpha value is -1.61. The maximum Gasteiger partial charge on any atom is 0.240 e. The van der Waals surface area contributed by atoms with Crippen LogP contribution in [0.15, 0.2) is 35.1 Å². The van der Waals surface area contributed by atoms with Crippen LogP contribution in [0.1, 0.15) is 11.5 Å². The summed E-state index contributed by atoms with van der Waals surface area (Å²) < 4.78 is 4.94. The van der Waals surface area contributed by atoms with Crippen LogP contribution in [-0.4, -0.2) is 10.2 Å². The van der Waals surface area contributed by atoms with Gasteiger partial charge in [0.2, 0.25) is 12.3 Å². The molecule has 0 bridgehead atoms. The van der Waals surface area contributed by atoms with Crippen molar-refractivity contribution < 1.29 is 4.42 Å². The summed E-state index contributed by atoms with van der Waals surface area (Å²) in [5.74, 6) is 0.486. The summed E-state index contributed by atoms with van der Waals surface area (Å²) in [4.78, 5) is 0. The first-order valence-electron chi connectivity index (χ1n) is 4.04. The Morgan fingerprint density at radius 2 is 1.93 bits per heavy atom. The van der Waals surface area contributed by atoms with Gasteiger partial charge in [0.25, 0.3) is 0 Å². The summed E-state index contributed by atoms with van der Waals surface area (Å²) in [6.45, 7) is 0. The van der Waals surface area contributed by atoms with E-state index in [2.05, 4.69) is 10.2 Å². The van der Waals surface area contributed by atoms with Crippen LogP contribution in [0.3, 0.4) is 0 Å². The molecular weight excluding hydrogens is 200 g/mol. The average Bonchev–Trinajstić information content (AvgIpc) is 2.70. The maximum absolute atomic E-state index is 5.75. The van der Waals surface area contributed by atoms with Gasteiger partial charge in [0, 0.05) is 11.1 Å². The third kappa shape index (κ3) is 2.20. The van der Waals surface area contributed by atoms with Crippen LogP contribution >= 0.6 is 11.6 Å². The highest BCUT2D eigenvalue weighted by Gasteiger charge is 1.91. The van der Waals surface area contributed by atoms with E-state index in [1.807, 2.05) is 30.3 Å². The Balaban J connectivity index is 2.15. The van der Waals surface area contributed by atoms with Gasteiger partial charge in [0.1, 0.15) is 0 Å². The van der Waals surface area contributed by atoms with Gasteiger partial charge >= 0.3 is 0 Å². The second-order valence-electron chi connectivity index (χ2n) is 2.66. The third-order valence-electron chi connectivity index (χ3n) is 1.67. The fraction of sp³-hybridized carbons (Fsp3) is 0. The van der Waals surface area contributed by atoms with Crippen molar-refractivity contribution in [2.24, 2.45) is 0 Å². The topological polar surface area (TPSA) is 38.9 Å². The van der Waals surface area contributed by atoms with Crippen molar-refractivity contribution in [1.82, 2.24) is 10.2 Å². The molecule has 0 spiro atoms. The SMILES string of the molecule is Clc1ccc(/C=C/c2nnco2)cc1. The number of hydrogen-bond acceptors (Lipinski definition) is 3. The first-order chi connectivity index (χ1) is 6.84. The number of benzene rings is 1. The number of hydrogen-bond donors (Lipinski definition) is 0. The molecule has 0 fully saturated rings. The monoisotopic (exact) mass is 206 g/mol. The smallest absolute Gasteiger partial charge is 0.240 e. The number of nitrogens with zero attached hydrogens (tertiary/aromatic N) is 2. The summed E-state index contributed by atoms with van der Waals surface area (Å²) in [6.07, 6.45) is 4.92. The fourth-order valence-electron chi connectivity index (χ4n) is 0.996. The summed E-state index contributed by atoms with van der Waals surface area (Å²) in [5, 5.41) is 8.00. The second kappa shape index (κ2) is 4.07. The van der Waals surface area contributed by atoms with E-state index in [-0.39, 0.29) is 0 Å². The Morgan fingerprint density at radius 3 is 2.57 bits per heavy atom. The predicted octanol–water partition coefficient (Wildman–Crippen LogP) is 2.89. The number of halogens is 1. The van der Waals surface area contributed by atoms with E-state index in [4.69, 9.17) is 16.0 Å². The molecular formula is C10H7ClN2O. The van der Waals surface area contributed by atoms with Crippen LogP contribution in [0.4, 0.5) is 0 Å². The van der Waals surface area contributed by atoms with E-state index in [1.54, 1.807) is 6.08 Å². The molecule has 0 aliphatic rings. The first-order valence-corrected chi connectivity index (χ1v) is 4.42. The minimum absolute atomic E-state index is 0.486. The van der Waals surface area contributed by atoms with Crippen molar-refractivity contribution in [3.63, 3.8) is 0 Å². The highest BCUT2D eigenvalue weighted by Crippen LogP contribution is 2.11. The van der Waals surface area contributed by atoms with Crippen molar-refractivity contribution in [2.75, 3.05) is 0 Å². The highest BCUT2D eigenvalue weighted by molar-refractivity contribution is 6.30. The van der Waals surface area contributed by atoms with Crippen LogP contribution in [0.5, 0.6) is 0 Å².